The smallest absolute Gasteiger partial charge is 0.337 e. The van der Waals surface area contributed by atoms with E-state index in [1.807, 2.05) is 24.3 Å². The van der Waals surface area contributed by atoms with Crippen LogP contribution in [-0.2, 0) is 9.53 Å². The highest BCUT2D eigenvalue weighted by atomic mass is 16.5. The van der Waals surface area contributed by atoms with Gasteiger partial charge in [0.2, 0.25) is 5.91 Å². The molecule has 0 atom stereocenters. The van der Waals surface area contributed by atoms with E-state index in [9.17, 15) is 14.7 Å². The summed E-state index contributed by atoms with van der Waals surface area (Å²) >= 11 is 0. The molecule has 2 aromatic carbocycles. The van der Waals surface area contributed by atoms with Crippen LogP contribution in [-0.4, -0.2) is 24.1 Å². The zero-order chi connectivity index (χ0) is 18.4. The number of anilines is 1. The van der Waals surface area contributed by atoms with Gasteiger partial charge in [-0.1, -0.05) is 38.1 Å². The number of methoxy groups -OCH3 is 1. The van der Waals surface area contributed by atoms with Crippen molar-refractivity contribution < 1.29 is 19.4 Å². The summed E-state index contributed by atoms with van der Waals surface area (Å²) in [7, 11) is 1.26. The van der Waals surface area contributed by atoms with Crippen molar-refractivity contribution in [2.45, 2.75) is 19.8 Å². The standard InChI is InChI=1S/C20H21NO4/c1-13(2)15-7-4-14(5-8-15)6-11-19(23)21-17-10-9-16(12-18(17)22)20(24)25-3/h4-13,22H,1-3H3,(H,21,23)/b11-6+. The molecular weight excluding hydrogens is 318 g/mol. The lowest BCUT2D eigenvalue weighted by Crippen LogP contribution is -2.08. The van der Waals surface area contributed by atoms with Gasteiger partial charge in [0.15, 0.2) is 0 Å². The Morgan fingerprint density at radius 1 is 1.12 bits per heavy atom. The summed E-state index contributed by atoms with van der Waals surface area (Å²) in [5.41, 5.74) is 2.57. The van der Waals surface area contributed by atoms with Gasteiger partial charge >= 0.3 is 5.97 Å². The number of phenols is 1. The summed E-state index contributed by atoms with van der Waals surface area (Å²) < 4.78 is 4.57. The fraction of sp³-hybridized carbons (Fsp3) is 0.200. The zero-order valence-electron chi connectivity index (χ0n) is 14.4. The number of hydrogen-bond donors (Lipinski definition) is 2. The van der Waals surface area contributed by atoms with Crippen molar-refractivity contribution in [3.8, 4) is 5.75 Å². The lowest BCUT2D eigenvalue weighted by molar-refractivity contribution is -0.111. The van der Waals surface area contributed by atoms with Gasteiger partial charge in [0, 0.05) is 6.08 Å². The first-order chi connectivity index (χ1) is 11.9. The molecule has 0 aliphatic rings. The highest BCUT2D eigenvalue weighted by Crippen LogP contribution is 2.24. The number of esters is 1. The Morgan fingerprint density at radius 3 is 2.36 bits per heavy atom. The van der Waals surface area contributed by atoms with E-state index in [-0.39, 0.29) is 22.9 Å². The van der Waals surface area contributed by atoms with E-state index >= 15 is 0 Å². The number of nitrogens with one attached hydrogen (secondary N) is 1. The SMILES string of the molecule is COC(=O)c1ccc(NC(=O)/C=C/c2ccc(C(C)C)cc2)c(O)c1. The average Bonchev–Trinajstić information content (AvgIpc) is 2.61. The van der Waals surface area contributed by atoms with Crippen LogP contribution >= 0.6 is 0 Å². The van der Waals surface area contributed by atoms with Crippen molar-refractivity contribution in [2.24, 2.45) is 0 Å². The molecule has 5 nitrogen and oxygen atoms in total. The monoisotopic (exact) mass is 339 g/mol. The van der Waals surface area contributed by atoms with Gasteiger partial charge in [-0.15, -0.1) is 0 Å². The first kappa shape index (κ1) is 18.3. The molecule has 2 aromatic rings. The molecule has 1 amide bonds. The number of rotatable bonds is 5. The molecule has 0 radical (unpaired) electrons. The third-order valence-corrected chi connectivity index (χ3v) is 3.71. The molecule has 0 saturated heterocycles. The third kappa shape index (κ3) is 4.94. The van der Waals surface area contributed by atoms with Gasteiger partial charge in [-0.3, -0.25) is 4.79 Å². The molecule has 2 rings (SSSR count). The van der Waals surface area contributed by atoms with Crippen molar-refractivity contribution in [1.82, 2.24) is 0 Å². The Balaban J connectivity index is 2.03. The largest absolute Gasteiger partial charge is 0.506 e. The van der Waals surface area contributed by atoms with Crippen LogP contribution in [0, 0.1) is 0 Å². The maximum atomic E-state index is 12.0. The van der Waals surface area contributed by atoms with E-state index in [1.54, 1.807) is 6.08 Å². The van der Waals surface area contributed by atoms with Gasteiger partial charge in [-0.25, -0.2) is 4.79 Å². The van der Waals surface area contributed by atoms with E-state index in [2.05, 4.69) is 23.9 Å². The van der Waals surface area contributed by atoms with Crippen molar-refractivity contribution >= 4 is 23.6 Å². The second-order valence-electron chi connectivity index (χ2n) is 5.87. The number of ether oxygens (including phenoxy) is 1. The van der Waals surface area contributed by atoms with Crippen molar-refractivity contribution in [2.75, 3.05) is 12.4 Å². The Kier molecular flexibility index (Phi) is 5.95. The Bertz CT molecular complexity index is 792. The van der Waals surface area contributed by atoms with E-state index in [1.165, 1.54) is 36.9 Å². The summed E-state index contributed by atoms with van der Waals surface area (Å²) in [5.74, 6) is -0.685. The molecule has 130 valence electrons. The Morgan fingerprint density at radius 2 is 1.80 bits per heavy atom. The molecule has 2 N–H and O–H groups in total. The number of carbonyl (C=O) groups excluding carboxylic acids is 2. The number of carbonyl (C=O) groups is 2. The minimum absolute atomic E-state index is 0.203. The highest BCUT2D eigenvalue weighted by molar-refractivity contribution is 6.03. The van der Waals surface area contributed by atoms with Crippen LogP contribution in [0.1, 0.15) is 41.3 Å². The average molecular weight is 339 g/mol. The molecule has 0 aliphatic carbocycles. The maximum Gasteiger partial charge on any atom is 0.337 e. The van der Waals surface area contributed by atoms with Crippen LogP contribution in [0.3, 0.4) is 0 Å². The number of phenolic OH excluding ortho intramolecular Hbond substituents is 1. The van der Waals surface area contributed by atoms with Gasteiger partial charge in [-0.2, -0.15) is 0 Å². The zero-order valence-corrected chi connectivity index (χ0v) is 14.4. The first-order valence-corrected chi connectivity index (χ1v) is 7.91. The van der Waals surface area contributed by atoms with Crippen molar-refractivity contribution in [1.29, 1.82) is 0 Å². The van der Waals surface area contributed by atoms with Crippen molar-refractivity contribution in [3.63, 3.8) is 0 Å². The Hall–Kier alpha value is -3.08. The predicted octanol–water partition coefficient (Wildman–Crippen LogP) is 3.95. The van der Waals surface area contributed by atoms with E-state index in [4.69, 9.17) is 0 Å². The minimum Gasteiger partial charge on any atom is -0.506 e. The fourth-order valence-electron chi connectivity index (χ4n) is 2.22. The third-order valence-electron chi connectivity index (χ3n) is 3.71. The van der Waals surface area contributed by atoms with Crippen LogP contribution in [0.15, 0.2) is 48.5 Å². The number of amides is 1. The first-order valence-electron chi connectivity index (χ1n) is 7.91. The normalized spacial score (nSPS) is 10.9. The van der Waals surface area contributed by atoms with Gasteiger partial charge in [-0.05, 0) is 41.3 Å². The molecule has 5 heteroatoms. The molecule has 0 heterocycles. The molecule has 0 spiro atoms. The van der Waals surface area contributed by atoms with Crippen LogP contribution < -0.4 is 5.32 Å². The summed E-state index contributed by atoms with van der Waals surface area (Å²) in [6, 6.07) is 12.1. The highest BCUT2D eigenvalue weighted by Gasteiger charge is 2.10. The van der Waals surface area contributed by atoms with Gasteiger partial charge in [0.25, 0.3) is 0 Å². The number of aromatic hydroxyl groups is 1. The molecular formula is C20H21NO4. The summed E-state index contributed by atoms with van der Waals surface area (Å²) in [4.78, 5) is 23.4. The molecule has 0 fully saturated rings. The van der Waals surface area contributed by atoms with E-state index in [0.717, 1.165) is 5.56 Å². The summed E-state index contributed by atoms with van der Waals surface area (Å²) in [6.07, 6.45) is 3.08. The molecule has 0 aromatic heterocycles. The van der Waals surface area contributed by atoms with Crippen LogP contribution in [0.2, 0.25) is 0 Å². The number of benzene rings is 2. The minimum atomic E-state index is -0.557. The van der Waals surface area contributed by atoms with Crippen LogP contribution in [0.5, 0.6) is 5.75 Å². The quantitative estimate of drug-likeness (QED) is 0.491. The molecule has 0 unspecified atom stereocenters. The molecule has 0 aliphatic heterocycles. The summed E-state index contributed by atoms with van der Waals surface area (Å²) in [6.45, 7) is 4.24. The fourth-order valence-corrected chi connectivity index (χ4v) is 2.22. The Labute approximate surface area is 146 Å². The second kappa shape index (κ2) is 8.15. The van der Waals surface area contributed by atoms with E-state index in [0.29, 0.717) is 5.92 Å². The van der Waals surface area contributed by atoms with Crippen LogP contribution in [0.4, 0.5) is 5.69 Å². The second-order valence-corrected chi connectivity index (χ2v) is 5.87. The molecule has 0 saturated carbocycles. The van der Waals surface area contributed by atoms with Gasteiger partial charge in [0.05, 0.1) is 18.4 Å². The number of hydrogen-bond acceptors (Lipinski definition) is 4. The van der Waals surface area contributed by atoms with Crippen LogP contribution in [0.25, 0.3) is 6.08 Å². The lowest BCUT2D eigenvalue weighted by Gasteiger charge is -2.07. The molecule has 0 bridgehead atoms. The van der Waals surface area contributed by atoms with Gasteiger partial charge < -0.3 is 15.2 Å². The van der Waals surface area contributed by atoms with E-state index < -0.39 is 5.97 Å². The summed E-state index contributed by atoms with van der Waals surface area (Å²) in [5, 5.41) is 12.5. The van der Waals surface area contributed by atoms with Crippen molar-refractivity contribution in [3.05, 3.63) is 65.2 Å². The lowest BCUT2D eigenvalue weighted by atomic mass is 10.0. The predicted molar refractivity (Wildman–Crippen MR) is 97.6 cm³/mol. The molecule has 25 heavy (non-hydrogen) atoms. The topological polar surface area (TPSA) is 75.6 Å². The van der Waals surface area contributed by atoms with Gasteiger partial charge in [0.1, 0.15) is 5.75 Å². The maximum absolute atomic E-state index is 12.0.